The third kappa shape index (κ3) is 5.84. The minimum absolute atomic E-state index is 0.621. The van der Waals surface area contributed by atoms with Gasteiger partial charge in [0.2, 0.25) is 0 Å². The van der Waals surface area contributed by atoms with Crippen molar-refractivity contribution in [3.63, 3.8) is 0 Å². The molecule has 0 atom stereocenters. The molecule has 4 N–H and O–H groups in total. The van der Waals surface area contributed by atoms with Crippen LogP contribution in [0.25, 0.3) is 0 Å². The van der Waals surface area contributed by atoms with Gasteiger partial charge < -0.3 is 5.21 Å². The molecule has 0 unspecified atom stereocenters. The van der Waals surface area contributed by atoms with E-state index in [0.717, 1.165) is 13.0 Å². The Bertz CT molecular complexity index is 29.4. The summed E-state index contributed by atoms with van der Waals surface area (Å²) in [5.41, 5.74) is 5.61. The molecule has 44 valence electrons. The SMILES string of the molecule is CCCNN[NH2+][O-]. The summed E-state index contributed by atoms with van der Waals surface area (Å²) in [5, 5.41) is 9.51. The zero-order valence-corrected chi connectivity index (χ0v) is 4.40. The minimum atomic E-state index is 0.621. The summed E-state index contributed by atoms with van der Waals surface area (Å²) < 4.78 is 0. The molecule has 0 spiro atoms. The van der Waals surface area contributed by atoms with E-state index < -0.39 is 0 Å². The number of hydrazine groups is 1. The summed E-state index contributed by atoms with van der Waals surface area (Å²) in [6.07, 6.45) is 1.03. The molecule has 0 aromatic rings. The van der Waals surface area contributed by atoms with Crippen molar-refractivity contribution in [1.82, 2.24) is 11.0 Å². The molecule has 0 rings (SSSR count). The van der Waals surface area contributed by atoms with Crippen molar-refractivity contribution in [2.45, 2.75) is 13.3 Å². The molecule has 0 aliphatic heterocycles. The predicted octanol–water partition coefficient (Wildman–Crippen LogP) is -1.53. The summed E-state index contributed by atoms with van der Waals surface area (Å²) in [6, 6.07) is 0. The largest absolute Gasteiger partial charge is 0.614 e. The summed E-state index contributed by atoms with van der Waals surface area (Å²) in [4.78, 5) is 0. The number of hydrogen-bond donors (Lipinski definition) is 3. The second-order valence-corrected chi connectivity index (χ2v) is 1.19. The Morgan fingerprint density at radius 1 is 1.71 bits per heavy atom. The molecule has 7 heavy (non-hydrogen) atoms. The normalized spacial score (nSPS) is 9.43. The molecule has 0 amide bonds. The van der Waals surface area contributed by atoms with Crippen LogP contribution in [0.1, 0.15) is 13.3 Å². The lowest BCUT2D eigenvalue weighted by atomic mass is 10.5. The van der Waals surface area contributed by atoms with E-state index in [1.807, 2.05) is 6.92 Å². The van der Waals surface area contributed by atoms with E-state index in [9.17, 15) is 5.21 Å². The first-order valence-corrected chi connectivity index (χ1v) is 2.34. The summed E-state index contributed by atoms with van der Waals surface area (Å²) >= 11 is 0. The van der Waals surface area contributed by atoms with Crippen LogP contribution in [0.15, 0.2) is 0 Å². The Morgan fingerprint density at radius 2 is 2.43 bits per heavy atom. The van der Waals surface area contributed by atoms with Crippen molar-refractivity contribution in [2.24, 2.45) is 0 Å². The fraction of sp³-hybridized carbons (Fsp3) is 1.00. The van der Waals surface area contributed by atoms with Crippen LogP contribution < -0.4 is 16.5 Å². The molecule has 0 aromatic carbocycles. The highest BCUT2D eigenvalue weighted by molar-refractivity contribution is 4.26. The highest BCUT2D eigenvalue weighted by atomic mass is 16.5. The van der Waals surface area contributed by atoms with E-state index in [1.165, 1.54) is 0 Å². The Balaban J connectivity index is 2.45. The van der Waals surface area contributed by atoms with Crippen LogP contribution in [-0.4, -0.2) is 6.54 Å². The molecule has 0 saturated carbocycles. The predicted molar refractivity (Wildman–Crippen MR) is 26.7 cm³/mol. The minimum Gasteiger partial charge on any atom is -0.614 e. The molecule has 0 saturated heterocycles. The first-order chi connectivity index (χ1) is 3.41. The van der Waals surface area contributed by atoms with Gasteiger partial charge in [0, 0.05) is 6.54 Å². The van der Waals surface area contributed by atoms with E-state index >= 15 is 0 Å². The monoisotopic (exact) mass is 105 g/mol. The topological polar surface area (TPSA) is 63.7 Å². The second kappa shape index (κ2) is 5.84. The average molecular weight is 105 g/mol. The fourth-order valence-corrected chi connectivity index (χ4v) is 0.239. The van der Waals surface area contributed by atoms with Gasteiger partial charge in [-0.2, -0.15) is 0 Å². The van der Waals surface area contributed by atoms with Gasteiger partial charge in [-0.05, 0) is 6.42 Å². The van der Waals surface area contributed by atoms with Crippen molar-refractivity contribution in [3.05, 3.63) is 5.21 Å². The number of rotatable bonds is 4. The van der Waals surface area contributed by atoms with Gasteiger partial charge in [-0.1, -0.05) is 6.92 Å². The number of quaternary nitrogens is 1. The summed E-state index contributed by atoms with van der Waals surface area (Å²) in [6.45, 7) is 2.86. The fourth-order valence-electron chi connectivity index (χ4n) is 0.239. The Hall–Kier alpha value is -0.160. The molecular formula is C3H11N3O. The standard InChI is InChI=1S/C3H11N3O/c1-2-3-4-5-6-7/h4-5H,2-3,6H2,1H3. The lowest BCUT2D eigenvalue weighted by Gasteiger charge is -2.02. The smallest absolute Gasteiger partial charge is 0.0145 e. The first-order valence-electron chi connectivity index (χ1n) is 2.34. The molecule has 0 radical (unpaired) electrons. The maximum atomic E-state index is 9.51. The van der Waals surface area contributed by atoms with Crippen molar-refractivity contribution in [1.29, 1.82) is 0 Å². The second-order valence-electron chi connectivity index (χ2n) is 1.19. The third-order valence-corrected chi connectivity index (χ3v) is 0.536. The van der Waals surface area contributed by atoms with Gasteiger partial charge in [-0.25, -0.2) is 5.43 Å². The van der Waals surface area contributed by atoms with Gasteiger partial charge in [-0.15, -0.1) is 5.53 Å². The summed E-state index contributed by atoms with van der Waals surface area (Å²) in [5.74, 6) is 0. The van der Waals surface area contributed by atoms with Crippen LogP contribution >= 0.6 is 0 Å². The molecular weight excluding hydrogens is 94.1 g/mol. The van der Waals surface area contributed by atoms with Crippen LogP contribution in [0.4, 0.5) is 0 Å². The average Bonchev–Trinajstić information content (AvgIpc) is 1.69. The Kier molecular flexibility index (Phi) is 5.71. The quantitative estimate of drug-likeness (QED) is 0.231. The van der Waals surface area contributed by atoms with Crippen molar-refractivity contribution < 1.29 is 5.59 Å². The van der Waals surface area contributed by atoms with E-state index in [1.54, 1.807) is 0 Å². The van der Waals surface area contributed by atoms with Crippen LogP contribution in [0, 0.1) is 5.21 Å². The molecule has 4 heteroatoms. The first kappa shape index (κ1) is 6.84. The zero-order chi connectivity index (χ0) is 5.54. The summed E-state index contributed by atoms with van der Waals surface area (Å²) in [7, 11) is 0. The van der Waals surface area contributed by atoms with Gasteiger partial charge in [0.05, 0.1) is 0 Å². The van der Waals surface area contributed by atoms with Crippen molar-refractivity contribution >= 4 is 0 Å². The van der Waals surface area contributed by atoms with Crippen molar-refractivity contribution in [2.75, 3.05) is 6.54 Å². The van der Waals surface area contributed by atoms with E-state index in [0.29, 0.717) is 5.59 Å². The van der Waals surface area contributed by atoms with Gasteiger partial charge in [0.1, 0.15) is 0 Å². The lowest BCUT2D eigenvalue weighted by Crippen LogP contribution is -2.90. The lowest BCUT2D eigenvalue weighted by molar-refractivity contribution is -0.659. The van der Waals surface area contributed by atoms with Crippen LogP contribution in [0.3, 0.4) is 0 Å². The van der Waals surface area contributed by atoms with E-state index in [-0.39, 0.29) is 0 Å². The molecule has 0 aliphatic carbocycles. The van der Waals surface area contributed by atoms with Crippen LogP contribution in [0.2, 0.25) is 0 Å². The molecule has 0 heterocycles. The Morgan fingerprint density at radius 3 is 2.86 bits per heavy atom. The highest BCUT2D eigenvalue weighted by Crippen LogP contribution is 1.62. The maximum Gasteiger partial charge on any atom is 0.0145 e. The molecule has 4 nitrogen and oxygen atoms in total. The van der Waals surface area contributed by atoms with E-state index in [4.69, 9.17) is 0 Å². The third-order valence-electron chi connectivity index (χ3n) is 0.536. The zero-order valence-electron chi connectivity index (χ0n) is 4.40. The van der Waals surface area contributed by atoms with Crippen LogP contribution in [-0.2, 0) is 0 Å². The van der Waals surface area contributed by atoms with Crippen LogP contribution in [0.5, 0.6) is 0 Å². The van der Waals surface area contributed by atoms with Gasteiger partial charge in [0.25, 0.3) is 0 Å². The number of nitrogens with one attached hydrogen (secondary N) is 2. The maximum absolute atomic E-state index is 9.51. The number of nitrogens with two attached hydrogens (primary N) is 1. The van der Waals surface area contributed by atoms with Gasteiger partial charge in [0.15, 0.2) is 0 Å². The molecule has 0 aliphatic rings. The van der Waals surface area contributed by atoms with E-state index in [2.05, 4.69) is 11.0 Å². The highest BCUT2D eigenvalue weighted by Gasteiger charge is 1.73. The Labute approximate surface area is 42.8 Å². The number of hydrogen-bond acceptors (Lipinski definition) is 3. The molecule has 0 aromatic heterocycles. The molecule has 0 bridgehead atoms. The van der Waals surface area contributed by atoms with Gasteiger partial charge >= 0.3 is 0 Å². The molecule has 0 fully saturated rings. The van der Waals surface area contributed by atoms with Gasteiger partial charge in [-0.3, -0.25) is 5.59 Å². The van der Waals surface area contributed by atoms with Crippen molar-refractivity contribution in [3.8, 4) is 0 Å².